The van der Waals surface area contributed by atoms with E-state index in [1.54, 1.807) is 6.26 Å². The van der Waals surface area contributed by atoms with E-state index in [-0.39, 0.29) is 5.54 Å². The highest BCUT2D eigenvalue weighted by atomic mass is 16.3. The second kappa shape index (κ2) is 4.62. The average molecular weight is 196 g/mol. The van der Waals surface area contributed by atoms with Crippen LogP contribution >= 0.6 is 0 Å². The maximum atomic E-state index is 5.29. The Labute approximate surface area is 86.1 Å². The first-order chi connectivity index (χ1) is 6.53. The number of nitrogens with zero attached hydrogens (tertiary/aromatic N) is 1. The van der Waals surface area contributed by atoms with Crippen LogP contribution in [-0.4, -0.2) is 31.1 Å². The Hall–Kier alpha value is -0.800. The number of hydrogen-bond acceptors (Lipinski definition) is 3. The predicted molar refractivity (Wildman–Crippen MR) is 58.2 cm³/mol. The molecule has 1 rings (SSSR count). The molecule has 0 aliphatic rings. The first-order valence-corrected chi connectivity index (χ1v) is 4.93. The van der Waals surface area contributed by atoms with Gasteiger partial charge in [0.05, 0.1) is 12.8 Å². The van der Waals surface area contributed by atoms with E-state index in [1.165, 1.54) is 0 Å². The maximum absolute atomic E-state index is 5.29. The van der Waals surface area contributed by atoms with Crippen LogP contribution in [-0.2, 0) is 6.54 Å². The third-order valence-corrected chi connectivity index (χ3v) is 2.35. The Bertz CT molecular complexity index is 254. The van der Waals surface area contributed by atoms with Crippen LogP contribution in [0, 0.1) is 0 Å². The van der Waals surface area contributed by atoms with Gasteiger partial charge in [-0.1, -0.05) is 0 Å². The van der Waals surface area contributed by atoms with Gasteiger partial charge in [0.15, 0.2) is 0 Å². The highest BCUT2D eigenvalue weighted by Gasteiger charge is 2.17. The Balaban J connectivity index is 2.40. The van der Waals surface area contributed by atoms with Crippen molar-refractivity contribution in [3.05, 3.63) is 24.2 Å². The maximum Gasteiger partial charge on any atom is 0.117 e. The molecule has 3 nitrogen and oxygen atoms in total. The van der Waals surface area contributed by atoms with Crippen molar-refractivity contribution in [2.24, 2.45) is 0 Å². The summed E-state index contributed by atoms with van der Waals surface area (Å²) in [6.45, 7) is 6.22. The zero-order valence-corrected chi connectivity index (χ0v) is 9.50. The average Bonchev–Trinajstić information content (AvgIpc) is 2.55. The molecule has 0 atom stereocenters. The molecule has 0 amide bonds. The van der Waals surface area contributed by atoms with Gasteiger partial charge in [-0.2, -0.15) is 0 Å². The molecule has 0 fully saturated rings. The van der Waals surface area contributed by atoms with Crippen LogP contribution in [0.15, 0.2) is 22.8 Å². The monoisotopic (exact) mass is 196 g/mol. The first kappa shape index (κ1) is 11.3. The van der Waals surface area contributed by atoms with Gasteiger partial charge in [0, 0.05) is 12.1 Å². The molecule has 1 aromatic rings. The fourth-order valence-corrected chi connectivity index (χ4v) is 1.48. The van der Waals surface area contributed by atoms with Crippen molar-refractivity contribution in [3.8, 4) is 0 Å². The second-order valence-corrected chi connectivity index (χ2v) is 4.39. The quantitative estimate of drug-likeness (QED) is 0.777. The Morgan fingerprint density at radius 3 is 2.71 bits per heavy atom. The largest absolute Gasteiger partial charge is 0.468 e. The molecule has 3 heteroatoms. The molecular formula is C11H20N2O. The summed E-state index contributed by atoms with van der Waals surface area (Å²) < 4.78 is 5.29. The Kier molecular flexibility index (Phi) is 3.72. The van der Waals surface area contributed by atoms with Gasteiger partial charge in [0.2, 0.25) is 0 Å². The molecular weight excluding hydrogens is 176 g/mol. The van der Waals surface area contributed by atoms with Gasteiger partial charge in [-0.05, 0) is 40.1 Å². The number of rotatable bonds is 5. The highest BCUT2D eigenvalue weighted by Crippen LogP contribution is 2.08. The fourth-order valence-electron chi connectivity index (χ4n) is 1.48. The molecule has 0 bridgehead atoms. The number of nitrogens with one attached hydrogen (secondary N) is 1. The van der Waals surface area contributed by atoms with Crippen molar-refractivity contribution in [1.82, 2.24) is 10.2 Å². The van der Waals surface area contributed by atoms with E-state index in [4.69, 9.17) is 4.42 Å². The Morgan fingerprint density at radius 1 is 1.50 bits per heavy atom. The van der Waals surface area contributed by atoms with Crippen LogP contribution in [0.3, 0.4) is 0 Å². The van der Waals surface area contributed by atoms with Crippen molar-refractivity contribution < 1.29 is 4.42 Å². The van der Waals surface area contributed by atoms with E-state index in [2.05, 4.69) is 31.1 Å². The third kappa shape index (κ3) is 3.52. The summed E-state index contributed by atoms with van der Waals surface area (Å²) in [7, 11) is 4.09. The zero-order valence-electron chi connectivity index (χ0n) is 9.50. The minimum Gasteiger partial charge on any atom is -0.468 e. The van der Waals surface area contributed by atoms with Gasteiger partial charge in [0.25, 0.3) is 0 Å². The molecule has 14 heavy (non-hydrogen) atoms. The summed E-state index contributed by atoms with van der Waals surface area (Å²) in [5.41, 5.74) is 0.140. The van der Waals surface area contributed by atoms with Gasteiger partial charge < -0.3 is 9.73 Å². The van der Waals surface area contributed by atoms with Gasteiger partial charge in [0.1, 0.15) is 5.76 Å². The standard InChI is InChI=1S/C11H20N2O/c1-11(2,12-3)9-13(4)8-10-6-5-7-14-10/h5-7,12H,8-9H2,1-4H3. The lowest BCUT2D eigenvalue weighted by Gasteiger charge is -2.29. The summed E-state index contributed by atoms with van der Waals surface area (Å²) in [6.07, 6.45) is 1.71. The van der Waals surface area contributed by atoms with Crippen molar-refractivity contribution in [2.45, 2.75) is 25.9 Å². The fraction of sp³-hybridized carbons (Fsp3) is 0.636. The van der Waals surface area contributed by atoms with E-state index in [1.807, 2.05) is 19.2 Å². The zero-order chi connectivity index (χ0) is 10.6. The van der Waals surface area contributed by atoms with Crippen LogP contribution in [0.2, 0.25) is 0 Å². The van der Waals surface area contributed by atoms with Crippen molar-refractivity contribution >= 4 is 0 Å². The minimum absolute atomic E-state index is 0.140. The summed E-state index contributed by atoms with van der Waals surface area (Å²) in [5.74, 6) is 1.01. The van der Waals surface area contributed by atoms with Crippen LogP contribution in [0.1, 0.15) is 19.6 Å². The number of hydrogen-bond donors (Lipinski definition) is 1. The topological polar surface area (TPSA) is 28.4 Å². The Morgan fingerprint density at radius 2 is 2.21 bits per heavy atom. The normalized spacial score (nSPS) is 12.4. The molecule has 1 N–H and O–H groups in total. The van der Waals surface area contributed by atoms with E-state index < -0.39 is 0 Å². The molecule has 80 valence electrons. The third-order valence-electron chi connectivity index (χ3n) is 2.35. The molecule has 0 spiro atoms. The van der Waals surface area contributed by atoms with Crippen molar-refractivity contribution in [1.29, 1.82) is 0 Å². The lowest BCUT2D eigenvalue weighted by molar-refractivity contribution is 0.224. The van der Waals surface area contributed by atoms with Crippen molar-refractivity contribution in [2.75, 3.05) is 20.6 Å². The van der Waals surface area contributed by atoms with Crippen LogP contribution in [0.5, 0.6) is 0 Å². The second-order valence-electron chi connectivity index (χ2n) is 4.39. The molecule has 0 saturated heterocycles. The predicted octanol–water partition coefficient (Wildman–Crippen LogP) is 1.71. The summed E-state index contributed by atoms with van der Waals surface area (Å²) in [5, 5.41) is 3.28. The van der Waals surface area contributed by atoms with Gasteiger partial charge in [-0.15, -0.1) is 0 Å². The van der Waals surface area contributed by atoms with Crippen molar-refractivity contribution in [3.63, 3.8) is 0 Å². The molecule has 0 aromatic carbocycles. The van der Waals surface area contributed by atoms with E-state index in [9.17, 15) is 0 Å². The van der Waals surface area contributed by atoms with Crippen LogP contribution < -0.4 is 5.32 Å². The van der Waals surface area contributed by atoms with E-state index >= 15 is 0 Å². The summed E-state index contributed by atoms with van der Waals surface area (Å²) in [4.78, 5) is 2.25. The highest BCUT2D eigenvalue weighted by molar-refractivity contribution is 4.98. The summed E-state index contributed by atoms with van der Waals surface area (Å²) in [6, 6.07) is 3.93. The van der Waals surface area contributed by atoms with Gasteiger partial charge >= 0.3 is 0 Å². The lowest BCUT2D eigenvalue weighted by Crippen LogP contribution is -2.45. The van der Waals surface area contributed by atoms with Gasteiger partial charge in [-0.3, -0.25) is 4.90 Å². The minimum atomic E-state index is 0.140. The molecule has 1 aromatic heterocycles. The lowest BCUT2D eigenvalue weighted by atomic mass is 10.1. The number of likely N-dealkylation sites (N-methyl/N-ethyl adjacent to an activating group) is 2. The molecule has 0 saturated carbocycles. The van der Waals surface area contributed by atoms with Crippen LogP contribution in [0.25, 0.3) is 0 Å². The first-order valence-electron chi connectivity index (χ1n) is 4.93. The molecule has 0 unspecified atom stereocenters. The summed E-state index contributed by atoms with van der Waals surface area (Å²) >= 11 is 0. The number of furan rings is 1. The van der Waals surface area contributed by atoms with Crippen LogP contribution in [0.4, 0.5) is 0 Å². The molecule has 0 aliphatic heterocycles. The van der Waals surface area contributed by atoms with E-state index in [0.717, 1.165) is 18.8 Å². The SMILES string of the molecule is CNC(C)(C)CN(C)Cc1ccco1. The molecule has 1 heterocycles. The van der Waals surface area contributed by atoms with E-state index in [0.29, 0.717) is 0 Å². The molecule has 0 aliphatic carbocycles. The molecule has 0 radical (unpaired) electrons. The van der Waals surface area contributed by atoms with Gasteiger partial charge in [-0.25, -0.2) is 0 Å². The smallest absolute Gasteiger partial charge is 0.117 e.